The molecule has 1 nitrogen and oxygen atoms in total. The van der Waals surface area contributed by atoms with Gasteiger partial charge in [0.2, 0.25) is 6.29 Å². The fourth-order valence-electron chi connectivity index (χ4n) is 2.07. The molecule has 0 aromatic carbocycles. The lowest BCUT2D eigenvalue weighted by molar-refractivity contribution is -0.916. The molecule has 0 saturated heterocycles. The lowest BCUT2D eigenvalue weighted by Crippen LogP contribution is -2.49. The standard InChI is InChI=1S/C12H28NP/c1-7-13(8-2,10-12(4)5)11-14(6)9-3/h9,12H,7-8,10-11H2,1-6H3/q+2. The molecule has 0 rings (SSSR count). The van der Waals surface area contributed by atoms with Crippen LogP contribution < -0.4 is 0 Å². The van der Waals surface area contributed by atoms with Gasteiger partial charge in [-0.3, -0.25) is 4.48 Å². The first kappa shape index (κ1) is 14.1. The van der Waals surface area contributed by atoms with Crippen LogP contribution in [0.15, 0.2) is 0 Å². The normalized spacial score (nSPS) is 13.8. The maximum absolute atomic E-state index is 2.40. The summed E-state index contributed by atoms with van der Waals surface area (Å²) >= 11 is 0. The van der Waals surface area contributed by atoms with Gasteiger partial charge in [0.15, 0.2) is 0 Å². The zero-order valence-corrected chi connectivity index (χ0v) is 11.8. The minimum atomic E-state index is 0.139. The van der Waals surface area contributed by atoms with Crippen LogP contribution in [0.5, 0.6) is 0 Å². The average molecular weight is 217 g/mol. The van der Waals surface area contributed by atoms with Gasteiger partial charge in [0, 0.05) is 5.92 Å². The van der Waals surface area contributed by atoms with E-state index in [9.17, 15) is 0 Å². The van der Waals surface area contributed by atoms with Gasteiger partial charge in [-0.1, -0.05) is 13.8 Å². The van der Waals surface area contributed by atoms with Gasteiger partial charge in [0.25, 0.3) is 0 Å². The Kier molecular flexibility index (Phi) is 6.64. The highest BCUT2D eigenvalue weighted by Crippen LogP contribution is 2.24. The fraction of sp³-hybridized carbons (Fsp3) is 0.917. The highest BCUT2D eigenvalue weighted by atomic mass is 31.1. The average Bonchev–Trinajstić information content (AvgIpc) is 2.15. The van der Waals surface area contributed by atoms with E-state index in [0.29, 0.717) is 0 Å². The highest BCUT2D eigenvalue weighted by Gasteiger charge is 2.28. The Morgan fingerprint density at radius 3 is 2.00 bits per heavy atom. The molecule has 1 unspecified atom stereocenters. The van der Waals surface area contributed by atoms with Crippen LogP contribution in [0.1, 0.15) is 34.6 Å². The smallest absolute Gasteiger partial charge is 0.228 e. The summed E-state index contributed by atoms with van der Waals surface area (Å²) in [4.78, 5) is 0. The van der Waals surface area contributed by atoms with E-state index in [2.05, 4.69) is 47.1 Å². The lowest BCUT2D eigenvalue weighted by Gasteiger charge is -2.35. The molecule has 0 aliphatic rings. The molecule has 0 bridgehead atoms. The Morgan fingerprint density at radius 2 is 1.71 bits per heavy atom. The van der Waals surface area contributed by atoms with Gasteiger partial charge < -0.3 is 0 Å². The molecule has 0 heterocycles. The summed E-state index contributed by atoms with van der Waals surface area (Å²) in [6.07, 6.45) is 1.37. The monoisotopic (exact) mass is 217 g/mol. The molecule has 0 N–H and O–H groups in total. The lowest BCUT2D eigenvalue weighted by atomic mass is 10.2. The molecule has 0 saturated carbocycles. The van der Waals surface area contributed by atoms with Crippen LogP contribution in [0.4, 0.5) is 0 Å². The van der Waals surface area contributed by atoms with Gasteiger partial charge in [0.05, 0.1) is 25.4 Å². The number of rotatable bonds is 6. The molecule has 0 aliphatic carbocycles. The number of nitrogens with zero attached hydrogens (tertiary/aromatic N) is 1. The number of hydrogen-bond acceptors (Lipinski definition) is 0. The minimum absolute atomic E-state index is 0.139. The highest BCUT2D eigenvalue weighted by molar-refractivity contribution is 7.56. The van der Waals surface area contributed by atoms with Gasteiger partial charge in [-0.05, 0) is 20.8 Å². The fourth-order valence-corrected chi connectivity index (χ4v) is 3.69. The van der Waals surface area contributed by atoms with E-state index < -0.39 is 0 Å². The van der Waals surface area contributed by atoms with E-state index >= 15 is 0 Å². The molecule has 84 valence electrons. The zero-order valence-electron chi connectivity index (χ0n) is 10.9. The van der Waals surface area contributed by atoms with Crippen LogP contribution >= 0.6 is 7.55 Å². The first-order chi connectivity index (χ1) is 6.49. The van der Waals surface area contributed by atoms with Crippen LogP contribution in [0.25, 0.3) is 0 Å². The van der Waals surface area contributed by atoms with Crippen molar-refractivity contribution in [1.82, 2.24) is 0 Å². The second-order valence-electron chi connectivity index (χ2n) is 4.71. The van der Waals surface area contributed by atoms with Crippen molar-refractivity contribution in [3.05, 3.63) is 0 Å². The summed E-state index contributed by atoms with van der Waals surface area (Å²) in [6.45, 7) is 17.9. The van der Waals surface area contributed by atoms with Crippen LogP contribution in [0, 0.1) is 5.92 Å². The summed E-state index contributed by atoms with van der Waals surface area (Å²) < 4.78 is 1.31. The quantitative estimate of drug-likeness (QED) is 0.472. The minimum Gasteiger partial charge on any atom is -0.287 e. The van der Waals surface area contributed by atoms with E-state index in [1.54, 1.807) is 0 Å². The SMILES string of the molecule is CC=[P+](C)C[N+](CC)(CC)CC(C)C. The van der Waals surface area contributed by atoms with E-state index in [1.165, 1.54) is 30.4 Å². The van der Waals surface area contributed by atoms with E-state index in [-0.39, 0.29) is 7.55 Å². The molecule has 1 atom stereocenters. The maximum Gasteiger partial charge on any atom is 0.228 e. The van der Waals surface area contributed by atoms with Gasteiger partial charge in [-0.15, -0.1) is 0 Å². The Bertz CT molecular complexity index is 181. The third-order valence-electron chi connectivity index (χ3n) is 3.06. The zero-order chi connectivity index (χ0) is 11.2. The third kappa shape index (κ3) is 4.57. The van der Waals surface area contributed by atoms with E-state index in [4.69, 9.17) is 0 Å². The Balaban J connectivity index is 4.52. The summed E-state index contributed by atoms with van der Waals surface area (Å²) in [5, 5.41) is 0. The first-order valence-electron chi connectivity index (χ1n) is 5.84. The predicted molar refractivity (Wildman–Crippen MR) is 70.5 cm³/mol. The van der Waals surface area contributed by atoms with Crippen molar-refractivity contribution in [3.63, 3.8) is 0 Å². The van der Waals surface area contributed by atoms with Gasteiger partial charge in [-0.25, -0.2) is 0 Å². The molecule has 0 spiro atoms. The van der Waals surface area contributed by atoms with Gasteiger partial charge in [0.1, 0.15) is 14.2 Å². The Morgan fingerprint density at radius 1 is 1.21 bits per heavy atom. The topological polar surface area (TPSA) is 0 Å². The van der Waals surface area contributed by atoms with Gasteiger partial charge >= 0.3 is 0 Å². The molecule has 0 aromatic heterocycles. The molecule has 0 aromatic rings. The third-order valence-corrected chi connectivity index (χ3v) is 4.99. The molecule has 2 heteroatoms. The molecular formula is C12H28NP+2. The molecule has 14 heavy (non-hydrogen) atoms. The van der Waals surface area contributed by atoms with Crippen molar-refractivity contribution in [1.29, 1.82) is 0 Å². The van der Waals surface area contributed by atoms with E-state index in [0.717, 1.165) is 5.92 Å². The Hall–Kier alpha value is 0.130. The van der Waals surface area contributed by atoms with Crippen molar-refractivity contribution in [2.45, 2.75) is 34.6 Å². The molecule has 0 radical (unpaired) electrons. The maximum atomic E-state index is 2.40. The number of quaternary nitrogens is 1. The van der Waals surface area contributed by atoms with Crippen LogP contribution in [0.2, 0.25) is 0 Å². The number of hydrogen-bond donors (Lipinski definition) is 0. The van der Waals surface area contributed by atoms with Crippen molar-refractivity contribution < 1.29 is 4.48 Å². The summed E-state index contributed by atoms with van der Waals surface area (Å²) in [5.74, 6) is 3.21. The first-order valence-corrected chi connectivity index (χ1v) is 7.88. The Labute approximate surface area is 91.5 Å². The van der Waals surface area contributed by atoms with Crippen molar-refractivity contribution in [3.8, 4) is 0 Å². The molecule has 0 amide bonds. The largest absolute Gasteiger partial charge is 0.287 e. The summed E-state index contributed by atoms with van der Waals surface area (Å²) in [6, 6.07) is 0. The van der Waals surface area contributed by atoms with E-state index in [1.807, 2.05) is 0 Å². The summed E-state index contributed by atoms with van der Waals surface area (Å²) in [7, 11) is 0.139. The van der Waals surface area contributed by atoms with Crippen molar-refractivity contribution >= 4 is 13.3 Å². The van der Waals surface area contributed by atoms with Gasteiger partial charge in [-0.2, -0.15) is 0 Å². The molecule has 0 fully saturated rings. The van der Waals surface area contributed by atoms with Crippen LogP contribution in [-0.2, 0) is 0 Å². The van der Waals surface area contributed by atoms with Crippen molar-refractivity contribution in [2.24, 2.45) is 5.92 Å². The van der Waals surface area contributed by atoms with Crippen LogP contribution in [0.3, 0.4) is 0 Å². The second-order valence-corrected chi connectivity index (χ2v) is 7.02. The van der Waals surface area contributed by atoms with Crippen LogP contribution in [-0.4, -0.2) is 42.9 Å². The predicted octanol–water partition coefficient (Wildman–Crippen LogP) is 3.39. The summed E-state index contributed by atoms with van der Waals surface area (Å²) in [5.41, 5.74) is 0. The van der Waals surface area contributed by atoms with Crippen molar-refractivity contribution in [2.75, 3.05) is 32.6 Å². The molecule has 0 aliphatic heterocycles. The molecular weight excluding hydrogens is 189 g/mol. The second kappa shape index (κ2) is 6.58.